The summed E-state index contributed by atoms with van der Waals surface area (Å²) in [6.45, 7) is 6.99. The van der Waals surface area contributed by atoms with E-state index in [0.29, 0.717) is 0 Å². The Labute approximate surface area is 140 Å². The van der Waals surface area contributed by atoms with Crippen molar-refractivity contribution >= 4 is 5.78 Å². The fourth-order valence-corrected chi connectivity index (χ4v) is 2.56. The number of pyridine rings is 1. The van der Waals surface area contributed by atoms with E-state index in [4.69, 9.17) is 0 Å². The molecule has 24 heavy (non-hydrogen) atoms. The Balaban J connectivity index is 2.69. The molecule has 0 saturated carbocycles. The zero-order valence-electron chi connectivity index (χ0n) is 14.3. The monoisotopic (exact) mass is 324 g/mol. The van der Waals surface area contributed by atoms with Crippen molar-refractivity contribution in [1.29, 1.82) is 5.26 Å². The molecule has 5 heteroatoms. The van der Waals surface area contributed by atoms with Gasteiger partial charge >= 0.3 is 0 Å². The third kappa shape index (κ3) is 3.09. The number of ketones is 1. The summed E-state index contributed by atoms with van der Waals surface area (Å²) in [5.41, 5.74) is 1.46. The van der Waals surface area contributed by atoms with Gasteiger partial charge in [-0.3, -0.25) is 14.2 Å². The number of carbonyl (C=O) groups is 1. The molecule has 1 heterocycles. The van der Waals surface area contributed by atoms with Crippen LogP contribution in [-0.2, 0) is 6.54 Å². The van der Waals surface area contributed by atoms with Gasteiger partial charge < -0.3 is 5.11 Å². The molecule has 0 radical (unpaired) electrons. The standard InChI is InChI=1S/C19H20N2O3/c1-11(2)17(22)16-13(4)15(9-20)18(23)21(19(16)24)10-14-7-5-12(3)6-8-14/h5-8,11,24H,10H2,1-4H3. The van der Waals surface area contributed by atoms with Gasteiger partial charge in [-0.15, -0.1) is 0 Å². The molecule has 1 aromatic carbocycles. The zero-order chi connectivity index (χ0) is 18.0. The first-order valence-electron chi connectivity index (χ1n) is 7.74. The molecule has 0 bridgehead atoms. The second-order valence-corrected chi connectivity index (χ2v) is 6.21. The molecule has 1 N–H and O–H groups in total. The van der Waals surface area contributed by atoms with E-state index < -0.39 is 5.56 Å². The van der Waals surface area contributed by atoms with E-state index in [9.17, 15) is 20.0 Å². The molecule has 0 aliphatic rings. The van der Waals surface area contributed by atoms with Crippen LogP contribution in [0.3, 0.4) is 0 Å². The summed E-state index contributed by atoms with van der Waals surface area (Å²) in [4.78, 5) is 25.0. The van der Waals surface area contributed by atoms with Gasteiger partial charge in [-0.2, -0.15) is 5.26 Å². The van der Waals surface area contributed by atoms with Crippen molar-refractivity contribution < 1.29 is 9.90 Å². The highest BCUT2D eigenvalue weighted by Crippen LogP contribution is 2.25. The van der Waals surface area contributed by atoms with Crippen molar-refractivity contribution in [3.8, 4) is 11.9 Å². The molecule has 124 valence electrons. The van der Waals surface area contributed by atoms with Crippen LogP contribution in [0.25, 0.3) is 0 Å². The van der Waals surface area contributed by atoms with E-state index in [1.54, 1.807) is 13.8 Å². The molecule has 0 saturated heterocycles. The lowest BCUT2D eigenvalue weighted by Gasteiger charge is -2.16. The smallest absolute Gasteiger partial charge is 0.271 e. The second-order valence-electron chi connectivity index (χ2n) is 6.21. The number of hydrogen-bond donors (Lipinski definition) is 1. The van der Waals surface area contributed by atoms with Gasteiger partial charge in [0.25, 0.3) is 5.56 Å². The molecule has 0 amide bonds. The maximum Gasteiger partial charge on any atom is 0.271 e. The lowest BCUT2D eigenvalue weighted by molar-refractivity contribution is 0.0934. The third-order valence-corrected chi connectivity index (χ3v) is 4.03. The molecule has 0 spiro atoms. The number of Topliss-reactive ketones (excluding diaryl/α,β-unsaturated/α-hetero) is 1. The summed E-state index contributed by atoms with van der Waals surface area (Å²) < 4.78 is 1.09. The molecule has 0 fully saturated rings. The Morgan fingerprint density at radius 2 is 1.83 bits per heavy atom. The van der Waals surface area contributed by atoms with Crippen LogP contribution in [0.2, 0.25) is 0 Å². The molecule has 2 rings (SSSR count). The molecular formula is C19H20N2O3. The van der Waals surface area contributed by atoms with E-state index in [1.165, 1.54) is 6.92 Å². The topological polar surface area (TPSA) is 83.1 Å². The predicted octanol–water partition coefficient (Wildman–Crippen LogP) is 2.93. The minimum absolute atomic E-state index is 0.0493. The number of aryl methyl sites for hydroxylation is 1. The van der Waals surface area contributed by atoms with Crippen LogP contribution >= 0.6 is 0 Å². The lowest BCUT2D eigenvalue weighted by atomic mass is 9.95. The minimum atomic E-state index is -0.589. The fourth-order valence-electron chi connectivity index (χ4n) is 2.56. The normalized spacial score (nSPS) is 10.7. The van der Waals surface area contributed by atoms with Crippen molar-refractivity contribution in [2.75, 3.05) is 0 Å². The number of rotatable bonds is 4. The number of aromatic nitrogens is 1. The van der Waals surface area contributed by atoms with E-state index in [2.05, 4.69) is 0 Å². The molecule has 0 unspecified atom stereocenters. The molecular weight excluding hydrogens is 304 g/mol. The second kappa shape index (κ2) is 6.71. The van der Waals surface area contributed by atoms with Gasteiger partial charge in [0.1, 0.15) is 11.6 Å². The highest BCUT2D eigenvalue weighted by molar-refractivity contribution is 6.01. The summed E-state index contributed by atoms with van der Waals surface area (Å²) in [5.74, 6) is -1.03. The molecule has 0 aliphatic carbocycles. The van der Waals surface area contributed by atoms with Crippen LogP contribution in [0.1, 0.15) is 46.5 Å². The van der Waals surface area contributed by atoms with Crippen LogP contribution in [-0.4, -0.2) is 15.5 Å². The molecule has 5 nitrogen and oxygen atoms in total. The van der Waals surface area contributed by atoms with Crippen LogP contribution in [0.5, 0.6) is 5.88 Å². The summed E-state index contributed by atoms with van der Waals surface area (Å²) in [5, 5.41) is 19.8. The van der Waals surface area contributed by atoms with Crippen molar-refractivity contribution in [3.63, 3.8) is 0 Å². The van der Waals surface area contributed by atoms with Crippen molar-refractivity contribution in [1.82, 2.24) is 4.57 Å². The quantitative estimate of drug-likeness (QED) is 0.877. The minimum Gasteiger partial charge on any atom is -0.494 e. The van der Waals surface area contributed by atoms with Gasteiger partial charge in [-0.1, -0.05) is 43.7 Å². The van der Waals surface area contributed by atoms with Gasteiger partial charge in [-0.25, -0.2) is 0 Å². The van der Waals surface area contributed by atoms with Crippen LogP contribution in [0, 0.1) is 31.1 Å². The molecule has 1 aromatic heterocycles. The Kier molecular flexibility index (Phi) is 4.89. The van der Waals surface area contributed by atoms with E-state index in [0.717, 1.165) is 15.7 Å². The first-order valence-corrected chi connectivity index (χ1v) is 7.74. The highest BCUT2D eigenvalue weighted by atomic mass is 16.3. The van der Waals surface area contributed by atoms with Gasteiger partial charge in [-0.05, 0) is 25.0 Å². The predicted molar refractivity (Wildman–Crippen MR) is 91.3 cm³/mol. The lowest BCUT2D eigenvalue weighted by Crippen LogP contribution is -2.27. The largest absolute Gasteiger partial charge is 0.494 e. The Hall–Kier alpha value is -2.87. The number of hydrogen-bond acceptors (Lipinski definition) is 4. The fraction of sp³-hybridized carbons (Fsp3) is 0.316. The van der Waals surface area contributed by atoms with Gasteiger partial charge in [0, 0.05) is 5.92 Å². The van der Waals surface area contributed by atoms with Crippen molar-refractivity contribution in [3.05, 3.63) is 62.4 Å². The number of aromatic hydroxyl groups is 1. The third-order valence-electron chi connectivity index (χ3n) is 4.03. The van der Waals surface area contributed by atoms with Crippen LogP contribution < -0.4 is 5.56 Å². The Morgan fingerprint density at radius 3 is 2.33 bits per heavy atom. The Bertz CT molecular complexity index is 885. The Morgan fingerprint density at radius 1 is 1.25 bits per heavy atom. The van der Waals surface area contributed by atoms with Gasteiger partial charge in [0.2, 0.25) is 5.88 Å². The van der Waals surface area contributed by atoms with Crippen LogP contribution in [0.15, 0.2) is 29.1 Å². The van der Waals surface area contributed by atoms with Gasteiger partial charge in [0.15, 0.2) is 5.78 Å². The van der Waals surface area contributed by atoms with E-state index >= 15 is 0 Å². The molecule has 0 atom stereocenters. The molecule has 2 aromatic rings. The molecule has 0 aliphatic heterocycles. The number of nitrogens with zero attached hydrogens (tertiary/aromatic N) is 2. The van der Waals surface area contributed by atoms with E-state index in [-0.39, 0.29) is 40.8 Å². The first kappa shape index (κ1) is 17.5. The van der Waals surface area contributed by atoms with Gasteiger partial charge in [0.05, 0.1) is 12.1 Å². The van der Waals surface area contributed by atoms with Crippen LogP contribution in [0.4, 0.5) is 0 Å². The average Bonchev–Trinajstić information content (AvgIpc) is 2.53. The summed E-state index contributed by atoms with van der Waals surface area (Å²) in [6.07, 6.45) is 0. The van der Waals surface area contributed by atoms with Crippen molar-refractivity contribution in [2.45, 2.75) is 34.2 Å². The summed E-state index contributed by atoms with van der Waals surface area (Å²) in [6, 6.07) is 9.35. The summed E-state index contributed by atoms with van der Waals surface area (Å²) in [7, 11) is 0. The van der Waals surface area contributed by atoms with E-state index in [1.807, 2.05) is 37.3 Å². The van der Waals surface area contributed by atoms with Crippen molar-refractivity contribution in [2.24, 2.45) is 5.92 Å². The maximum absolute atomic E-state index is 12.5. The number of benzene rings is 1. The average molecular weight is 324 g/mol. The summed E-state index contributed by atoms with van der Waals surface area (Å²) >= 11 is 0. The maximum atomic E-state index is 12.5. The zero-order valence-corrected chi connectivity index (χ0v) is 14.3. The SMILES string of the molecule is Cc1ccc(Cn2c(O)c(C(=O)C(C)C)c(C)c(C#N)c2=O)cc1. The number of nitriles is 1. The number of carbonyl (C=O) groups excluding carboxylic acids is 1. The first-order chi connectivity index (χ1) is 11.3. The highest BCUT2D eigenvalue weighted by Gasteiger charge is 2.25.